The highest BCUT2D eigenvalue weighted by atomic mass is 35.5. The largest absolute Gasteiger partial charge is 0.347 e. The van der Waals surface area contributed by atoms with E-state index in [2.05, 4.69) is 44.1 Å². The van der Waals surface area contributed by atoms with Gasteiger partial charge in [-0.05, 0) is 24.8 Å². The van der Waals surface area contributed by atoms with Crippen LogP contribution in [0.3, 0.4) is 0 Å². The second kappa shape index (κ2) is 9.31. The van der Waals surface area contributed by atoms with E-state index in [1.54, 1.807) is 18.2 Å². The maximum atomic E-state index is 12.6. The first-order valence-electron chi connectivity index (χ1n) is 8.65. The van der Waals surface area contributed by atoms with Crippen molar-refractivity contribution < 1.29 is 4.79 Å². The van der Waals surface area contributed by atoms with Gasteiger partial charge in [0.1, 0.15) is 22.3 Å². The first kappa shape index (κ1) is 20.5. The molecule has 0 aliphatic rings. The van der Waals surface area contributed by atoms with Gasteiger partial charge in [0, 0.05) is 12.5 Å². The fraction of sp³-hybridized carbons (Fsp3) is 0.100. The highest BCUT2D eigenvalue weighted by Crippen LogP contribution is 2.28. The predicted molar refractivity (Wildman–Crippen MR) is 119 cm³/mol. The fourth-order valence-corrected chi connectivity index (χ4v) is 3.46. The van der Waals surface area contributed by atoms with Gasteiger partial charge in [-0.2, -0.15) is 0 Å². The Bertz CT molecular complexity index is 1020. The minimum Gasteiger partial charge on any atom is -0.347 e. The maximum Gasteiger partial charge on any atom is 0.267 e. The van der Waals surface area contributed by atoms with Crippen LogP contribution in [0.2, 0.25) is 5.02 Å². The number of aryl methyl sites for hydroxylation is 1. The van der Waals surface area contributed by atoms with Crippen molar-refractivity contribution in [1.29, 1.82) is 0 Å². The standard InChI is InChI=1S/C20H19ClN6OS/c1-4-7-15-24-16(22-5-2)10-17(25-15)26-20-23-11-14(29-20)19(28)27-18-12(3)8-6-9-13(18)21/h4-6,8-11H,1-2,7H2,3H3,(H,27,28)(H2,22,23,24,25,26). The molecule has 2 heterocycles. The summed E-state index contributed by atoms with van der Waals surface area (Å²) in [4.78, 5) is 26.1. The molecule has 3 rings (SSSR count). The molecule has 9 heteroatoms. The van der Waals surface area contributed by atoms with Crippen LogP contribution in [0.4, 0.5) is 22.5 Å². The number of anilines is 4. The van der Waals surface area contributed by atoms with Crippen LogP contribution in [0.5, 0.6) is 0 Å². The molecule has 0 aliphatic heterocycles. The molecule has 0 saturated heterocycles. The number of halogens is 1. The van der Waals surface area contributed by atoms with Crippen molar-refractivity contribution in [1.82, 2.24) is 15.0 Å². The Kier molecular flexibility index (Phi) is 6.58. The van der Waals surface area contributed by atoms with Gasteiger partial charge in [-0.15, -0.1) is 6.58 Å². The SMILES string of the molecule is C=CCc1nc(NC=C)cc(Nc2ncc(C(=O)Nc3c(C)cccc3Cl)s2)n1. The molecule has 0 radical (unpaired) electrons. The van der Waals surface area contributed by atoms with Crippen LogP contribution in [0.25, 0.3) is 0 Å². The van der Waals surface area contributed by atoms with Crippen LogP contribution < -0.4 is 16.0 Å². The van der Waals surface area contributed by atoms with E-state index in [1.807, 2.05) is 19.1 Å². The lowest BCUT2D eigenvalue weighted by atomic mass is 10.2. The van der Waals surface area contributed by atoms with Gasteiger partial charge < -0.3 is 16.0 Å². The number of nitrogens with zero attached hydrogens (tertiary/aromatic N) is 3. The lowest BCUT2D eigenvalue weighted by Crippen LogP contribution is -2.11. The number of thiazole rings is 1. The molecular weight excluding hydrogens is 408 g/mol. The number of carbonyl (C=O) groups excluding carboxylic acids is 1. The molecule has 0 saturated carbocycles. The zero-order valence-corrected chi connectivity index (χ0v) is 17.3. The quantitative estimate of drug-likeness (QED) is 0.430. The number of para-hydroxylation sites is 1. The van der Waals surface area contributed by atoms with E-state index in [0.29, 0.717) is 44.6 Å². The number of rotatable bonds is 8. The third kappa shape index (κ3) is 5.18. The van der Waals surface area contributed by atoms with Crippen LogP contribution in [0.1, 0.15) is 21.1 Å². The van der Waals surface area contributed by atoms with Crippen LogP contribution >= 0.6 is 22.9 Å². The van der Waals surface area contributed by atoms with Crippen molar-refractivity contribution >= 4 is 51.3 Å². The Balaban J connectivity index is 1.77. The van der Waals surface area contributed by atoms with Crippen LogP contribution in [-0.2, 0) is 6.42 Å². The second-order valence-electron chi connectivity index (χ2n) is 5.94. The van der Waals surface area contributed by atoms with Gasteiger partial charge >= 0.3 is 0 Å². The minimum atomic E-state index is -0.282. The molecule has 29 heavy (non-hydrogen) atoms. The fourth-order valence-electron chi connectivity index (χ4n) is 2.47. The topological polar surface area (TPSA) is 91.8 Å². The number of aromatic nitrogens is 3. The molecule has 0 fully saturated rings. The summed E-state index contributed by atoms with van der Waals surface area (Å²) in [6.07, 6.45) is 5.28. The summed E-state index contributed by atoms with van der Waals surface area (Å²) in [5.74, 6) is 1.45. The normalized spacial score (nSPS) is 10.3. The number of benzene rings is 1. The molecule has 3 N–H and O–H groups in total. The van der Waals surface area contributed by atoms with E-state index >= 15 is 0 Å². The molecule has 0 atom stereocenters. The van der Waals surface area contributed by atoms with Crippen molar-refractivity contribution in [3.8, 4) is 0 Å². The van der Waals surface area contributed by atoms with Crippen molar-refractivity contribution in [3.05, 3.63) is 77.2 Å². The zero-order valence-electron chi connectivity index (χ0n) is 15.7. The molecule has 0 unspecified atom stereocenters. The third-order valence-electron chi connectivity index (χ3n) is 3.77. The van der Waals surface area contributed by atoms with Gasteiger partial charge in [0.2, 0.25) is 0 Å². The molecule has 3 aromatic rings. The first-order valence-corrected chi connectivity index (χ1v) is 9.85. The number of allylic oxidation sites excluding steroid dienone is 1. The number of amides is 1. The Labute approximate surface area is 177 Å². The number of hydrogen-bond donors (Lipinski definition) is 3. The Hall–Kier alpha value is -3.23. The number of hydrogen-bond acceptors (Lipinski definition) is 7. The van der Waals surface area contributed by atoms with Crippen LogP contribution in [-0.4, -0.2) is 20.9 Å². The summed E-state index contributed by atoms with van der Waals surface area (Å²) in [5, 5.41) is 9.89. The average molecular weight is 427 g/mol. The summed E-state index contributed by atoms with van der Waals surface area (Å²) >= 11 is 7.39. The van der Waals surface area contributed by atoms with Gasteiger partial charge in [0.25, 0.3) is 5.91 Å². The van der Waals surface area contributed by atoms with Crippen molar-refractivity contribution in [2.75, 3.05) is 16.0 Å². The molecular formula is C20H19ClN6OS. The number of nitrogens with one attached hydrogen (secondary N) is 3. The van der Waals surface area contributed by atoms with E-state index < -0.39 is 0 Å². The van der Waals surface area contributed by atoms with Crippen LogP contribution in [0.15, 0.2) is 55.9 Å². The van der Waals surface area contributed by atoms with Gasteiger partial charge in [0.15, 0.2) is 5.13 Å². The predicted octanol–water partition coefficient (Wildman–Crippen LogP) is 5.17. The van der Waals surface area contributed by atoms with E-state index in [0.717, 1.165) is 5.56 Å². The Morgan fingerprint density at radius 1 is 1.28 bits per heavy atom. The van der Waals surface area contributed by atoms with Crippen molar-refractivity contribution in [2.24, 2.45) is 0 Å². The molecule has 1 amide bonds. The first-order chi connectivity index (χ1) is 14.0. The zero-order chi connectivity index (χ0) is 20.8. The smallest absolute Gasteiger partial charge is 0.267 e. The maximum absolute atomic E-state index is 12.6. The van der Waals surface area contributed by atoms with E-state index in [-0.39, 0.29) is 5.91 Å². The summed E-state index contributed by atoms with van der Waals surface area (Å²) < 4.78 is 0. The Morgan fingerprint density at radius 3 is 2.79 bits per heavy atom. The number of carbonyl (C=O) groups is 1. The molecule has 0 spiro atoms. The van der Waals surface area contributed by atoms with E-state index in [4.69, 9.17) is 11.6 Å². The molecule has 148 valence electrons. The summed E-state index contributed by atoms with van der Waals surface area (Å²) in [7, 11) is 0. The van der Waals surface area contributed by atoms with Crippen molar-refractivity contribution in [3.63, 3.8) is 0 Å². The summed E-state index contributed by atoms with van der Waals surface area (Å²) in [6.45, 7) is 9.23. The molecule has 0 bridgehead atoms. The molecule has 0 aliphatic carbocycles. The van der Waals surface area contributed by atoms with Gasteiger partial charge in [-0.25, -0.2) is 15.0 Å². The van der Waals surface area contributed by atoms with Gasteiger partial charge in [-0.3, -0.25) is 4.79 Å². The lowest BCUT2D eigenvalue weighted by Gasteiger charge is -2.09. The minimum absolute atomic E-state index is 0.282. The lowest BCUT2D eigenvalue weighted by molar-refractivity contribution is 0.103. The highest BCUT2D eigenvalue weighted by molar-refractivity contribution is 7.17. The second-order valence-corrected chi connectivity index (χ2v) is 7.37. The summed E-state index contributed by atoms with van der Waals surface area (Å²) in [5.41, 5.74) is 1.47. The highest BCUT2D eigenvalue weighted by Gasteiger charge is 2.14. The van der Waals surface area contributed by atoms with Crippen LogP contribution in [0, 0.1) is 6.92 Å². The van der Waals surface area contributed by atoms with E-state index in [1.165, 1.54) is 23.7 Å². The molecule has 1 aromatic carbocycles. The van der Waals surface area contributed by atoms with Crippen molar-refractivity contribution in [2.45, 2.75) is 13.3 Å². The average Bonchev–Trinajstić information content (AvgIpc) is 3.14. The Morgan fingerprint density at radius 2 is 2.07 bits per heavy atom. The molecule has 2 aromatic heterocycles. The van der Waals surface area contributed by atoms with E-state index in [9.17, 15) is 4.79 Å². The molecule has 7 nitrogen and oxygen atoms in total. The monoisotopic (exact) mass is 426 g/mol. The third-order valence-corrected chi connectivity index (χ3v) is 5.00. The van der Waals surface area contributed by atoms with Gasteiger partial charge in [0.05, 0.1) is 16.9 Å². The van der Waals surface area contributed by atoms with Gasteiger partial charge in [-0.1, -0.05) is 47.7 Å². The summed E-state index contributed by atoms with van der Waals surface area (Å²) in [6, 6.07) is 7.17.